The molecule has 0 unspecified atom stereocenters. The number of nitrogens with one attached hydrogen (secondary N) is 2. The molecule has 0 aromatic carbocycles. The van der Waals surface area contributed by atoms with Gasteiger partial charge in [0.2, 0.25) is 0 Å². The summed E-state index contributed by atoms with van der Waals surface area (Å²) in [7, 11) is 0. The van der Waals surface area contributed by atoms with Crippen molar-refractivity contribution in [1.82, 2.24) is 15.5 Å². The molecule has 98 valence electrons. The molecule has 0 aliphatic heterocycles. The van der Waals surface area contributed by atoms with E-state index in [1.165, 1.54) is 0 Å². The molecule has 1 heterocycles. The summed E-state index contributed by atoms with van der Waals surface area (Å²) in [5, 5.41) is 25.9. The number of aromatic nitrogens is 2. The summed E-state index contributed by atoms with van der Waals surface area (Å²) < 4.78 is 0. The van der Waals surface area contributed by atoms with Crippen LogP contribution in [0.1, 0.15) is 29.4 Å². The third kappa shape index (κ3) is 3.06. The smallest absolute Gasteiger partial charge is 0.322 e. The highest BCUT2D eigenvalue weighted by Gasteiger charge is 2.20. The number of amides is 1. The highest BCUT2D eigenvalue weighted by atomic mass is 16.4. The lowest BCUT2D eigenvalue weighted by Crippen LogP contribution is -2.34. The fraction of sp³-hybridized carbons (Fsp3) is 0.400. The Kier molecular flexibility index (Phi) is 4.41. The van der Waals surface area contributed by atoms with Crippen LogP contribution >= 0.6 is 0 Å². The number of aliphatic carboxylic acids is 1. The summed E-state index contributed by atoms with van der Waals surface area (Å²) in [6.45, 7) is 1.21. The Labute approximate surface area is 102 Å². The molecule has 1 rings (SSSR count). The maximum absolute atomic E-state index is 11.6. The van der Waals surface area contributed by atoms with Crippen LogP contribution in [0.3, 0.4) is 0 Å². The summed E-state index contributed by atoms with van der Waals surface area (Å²) in [6, 6.07) is 0. The molecule has 1 aromatic heterocycles. The molecule has 4 N–H and O–H groups in total. The molecule has 0 spiro atoms. The topological polar surface area (TPSA) is 132 Å². The monoisotopic (exact) mass is 255 g/mol. The van der Waals surface area contributed by atoms with E-state index in [4.69, 9.17) is 5.11 Å². The van der Waals surface area contributed by atoms with Gasteiger partial charge < -0.3 is 15.5 Å². The van der Waals surface area contributed by atoms with Crippen LogP contribution in [-0.4, -0.2) is 38.8 Å². The number of carboxylic acid groups (broad SMARTS) is 1. The first-order chi connectivity index (χ1) is 8.47. The van der Waals surface area contributed by atoms with Crippen molar-refractivity contribution in [2.24, 2.45) is 0 Å². The SMILES string of the molecule is CCCc1n[nH]c(=O)c(C(=O)NCC(=O)O)c1O. The number of hydrogen-bond acceptors (Lipinski definition) is 5. The molecule has 1 amide bonds. The van der Waals surface area contributed by atoms with E-state index in [0.717, 1.165) is 0 Å². The van der Waals surface area contributed by atoms with Crippen LogP contribution in [0.15, 0.2) is 4.79 Å². The lowest BCUT2D eigenvalue weighted by molar-refractivity contribution is -0.135. The Morgan fingerprint density at radius 2 is 2.11 bits per heavy atom. The van der Waals surface area contributed by atoms with Crippen molar-refractivity contribution in [2.75, 3.05) is 6.54 Å². The largest absolute Gasteiger partial charge is 0.505 e. The van der Waals surface area contributed by atoms with E-state index < -0.39 is 35.3 Å². The molecule has 0 atom stereocenters. The van der Waals surface area contributed by atoms with E-state index in [1.807, 2.05) is 12.2 Å². The Bertz CT molecular complexity index is 523. The minimum absolute atomic E-state index is 0.192. The van der Waals surface area contributed by atoms with Crippen molar-refractivity contribution in [3.63, 3.8) is 0 Å². The van der Waals surface area contributed by atoms with Gasteiger partial charge in [-0.2, -0.15) is 5.10 Å². The zero-order valence-electron chi connectivity index (χ0n) is 9.69. The lowest BCUT2D eigenvalue weighted by Gasteiger charge is -2.06. The maximum Gasteiger partial charge on any atom is 0.322 e. The molecule has 8 nitrogen and oxygen atoms in total. The van der Waals surface area contributed by atoms with Gasteiger partial charge in [-0.3, -0.25) is 14.4 Å². The molecular weight excluding hydrogens is 242 g/mol. The van der Waals surface area contributed by atoms with E-state index in [-0.39, 0.29) is 5.69 Å². The third-order valence-corrected chi connectivity index (χ3v) is 2.14. The van der Waals surface area contributed by atoms with Crippen molar-refractivity contribution in [1.29, 1.82) is 0 Å². The summed E-state index contributed by atoms with van der Waals surface area (Å²) in [5.74, 6) is -2.71. The van der Waals surface area contributed by atoms with E-state index in [1.54, 1.807) is 0 Å². The van der Waals surface area contributed by atoms with Gasteiger partial charge in [0.15, 0.2) is 5.75 Å². The fourth-order valence-corrected chi connectivity index (χ4v) is 1.34. The minimum atomic E-state index is -1.25. The van der Waals surface area contributed by atoms with Crippen LogP contribution in [0.4, 0.5) is 0 Å². The normalized spacial score (nSPS) is 10.1. The molecule has 0 saturated heterocycles. The molecule has 0 fully saturated rings. The molecular formula is C10H13N3O5. The Morgan fingerprint density at radius 1 is 1.44 bits per heavy atom. The summed E-state index contributed by atoms with van der Waals surface area (Å²) in [4.78, 5) is 33.3. The van der Waals surface area contributed by atoms with Crippen LogP contribution in [-0.2, 0) is 11.2 Å². The average Bonchev–Trinajstić information content (AvgIpc) is 2.30. The number of aromatic amines is 1. The predicted molar refractivity (Wildman–Crippen MR) is 60.5 cm³/mol. The first-order valence-corrected chi connectivity index (χ1v) is 5.27. The number of carbonyl (C=O) groups is 2. The molecule has 1 aromatic rings. The van der Waals surface area contributed by atoms with Crippen molar-refractivity contribution in [3.05, 3.63) is 21.6 Å². The number of aryl methyl sites for hydroxylation is 1. The number of H-pyrrole nitrogens is 1. The standard InChI is InChI=1S/C10H13N3O5/c1-2-3-5-8(16)7(10(18)13-12-5)9(17)11-4-6(14)15/h2-4H2,1H3,(H,11,17)(H,14,15)(H2,13,16,18). The fourth-order valence-electron chi connectivity index (χ4n) is 1.34. The van der Waals surface area contributed by atoms with Crippen LogP contribution < -0.4 is 10.9 Å². The molecule has 0 aliphatic rings. The van der Waals surface area contributed by atoms with E-state index >= 15 is 0 Å². The summed E-state index contributed by atoms with van der Waals surface area (Å²) >= 11 is 0. The van der Waals surface area contributed by atoms with Gasteiger partial charge in [0, 0.05) is 0 Å². The maximum atomic E-state index is 11.6. The number of aromatic hydroxyl groups is 1. The van der Waals surface area contributed by atoms with Crippen LogP contribution in [0.5, 0.6) is 5.75 Å². The van der Waals surface area contributed by atoms with Crippen molar-refractivity contribution < 1.29 is 19.8 Å². The van der Waals surface area contributed by atoms with Gasteiger partial charge in [-0.1, -0.05) is 13.3 Å². The number of carbonyl (C=O) groups excluding carboxylic acids is 1. The number of hydrogen-bond donors (Lipinski definition) is 4. The molecule has 0 saturated carbocycles. The van der Waals surface area contributed by atoms with Crippen molar-refractivity contribution >= 4 is 11.9 Å². The van der Waals surface area contributed by atoms with E-state index in [0.29, 0.717) is 12.8 Å². The predicted octanol–water partition coefficient (Wildman–Crippen LogP) is -0.758. The highest BCUT2D eigenvalue weighted by molar-refractivity contribution is 5.97. The minimum Gasteiger partial charge on any atom is -0.505 e. The molecule has 18 heavy (non-hydrogen) atoms. The first kappa shape index (κ1) is 13.7. The van der Waals surface area contributed by atoms with Gasteiger partial charge in [-0.05, 0) is 6.42 Å². The van der Waals surface area contributed by atoms with Gasteiger partial charge in [-0.25, -0.2) is 5.10 Å². The van der Waals surface area contributed by atoms with Crippen LogP contribution in [0.2, 0.25) is 0 Å². The van der Waals surface area contributed by atoms with Gasteiger partial charge in [0.1, 0.15) is 17.8 Å². The average molecular weight is 255 g/mol. The second kappa shape index (κ2) is 5.80. The lowest BCUT2D eigenvalue weighted by atomic mass is 10.1. The van der Waals surface area contributed by atoms with E-state index in [9.17, 15) is 19.5 Å². The van der Waals surface area contributed by atoms with Crippen molar-refractivity contribution in [3.8, 4) is 5.75 Å². The molecule has 0 radical (unpaired) electrons. The Balaban J connectivity index is 3.06. The van der Waals surface area contributed by atoms with Gasteiger partial charge in [-0.15, -0.1) is 0 Å². The quantitative estimate of drug-likeness (QED) is 0.546. The second-order valence-electron chi connectivity index (χ2n) is 3.55. The second-order valence-corrected chi connectivity index (χ2v) is 3.55. The number of carboxylic acids is 1. The Hall–Kier alpha value is -2.38. The van der Waals surface area contributed by atoms with Crippen molar-refractivity contribution in [2.45, 2.75) is 19.8 Å². The zero-order chi connectivity index (χ0) is 13.7. The molecule has 8 heteroatoms. The molecule has 0 bridgehead atoms. The summed E-state index contributed by atoms with van der Waals surface area (Å²) in [5.41, 5.74) is -1.19. The van der Waals surface area contributed by atoms with E-state index in [2.05, 4.69) is 10.2 Å². The zero-order valence-corrected chi connectivity index (χ0v) is 9.69. The van der Waals surface area contributed by atoms with Crippen LogP contribution in [0.25, 0.3) is 0 Å². The van der Waals surface area contributed by atoms with Gasteiger partial charge >= 0.3 is 5.97 Å². The summed E-state index contributed by atoms with van der Waals surface area (Å²) in [6.07, 6.45) is 1.06. The highest BCUT2D eigenvalue weighted by Crippen LogP contribution is 2.17. The van der Waals surface area contributed by atoms with Gasteiger partial charge in [0.05, 0.1) is 0 Å². The number of rotatable bonds is 5. The number of nitrogens with zero attached hydrogens (tertiary/aromatic N) is 1. The molecule has 0 aliphatic carbocycles. The van der Waals surface area contributed by atoms with Gasteiger partial charge in [0.25, 0.3) is 11.5 Å². The third-order valence-electron chi connectivity index (χ3n) is 2.14. The Morgan fingerprint density at radius 3 is 2.67 bits per heavy atom. The first-order valence-electron chi connectivity index (χ1n) is 5.27. The van der Waals surface area contributed by atoms with Crippen LogP contribution in [0, 0.1) is 0 Å².